The Bertz CT molecular complexity index is 628. The fraction of sp³-hybridized carbons (Fsp3) is 0.500. The van der Waals surface area contributed by atoms with Gasteiger partial charge in [-0.3, -0.25) is 0 Å². The second-order valence-electron chi connectivity index (χ2n) is 4.05. The number of aliphatic hydroxyl groups is 2. The SMILES string of the molecule is Nc1cnn([C@@H]2O[C@H](CO)C(O)C2(Cl)C#CCl)c(=O)n1. The van der Waals surface area contributed by atoms with Crippen molar-refractivity contribution in [3.63, 3.8) is 0 Å². The second-order valence-corrected chi connectivity index (χ2v) is 4.86. The van der Waals surface area contributed by atoms with Gasteiger partial charge in [0.15, 0.2) is 11.1 Å². The quantitative estimate of drug-likeness (QED) is 0.454. The first kappa shape index (κ1) is 15.0. The zero-order valence-electron chi connectivity index (χ0n) is 9.90. The molecule has 1 saturated heterocycles. The lowest BCUT2D eigenvalue weighted by Gasteiger charge is -2.24. The molecule has 2 rings (SSSR count). The Morgan fingerprint density at radius 3 is 2.90 bits per heavy atom. The molecule has 4 atom stereocenters. The molecule has 1 aromatic rings. The molecule has 0 spiro atoms. The van der Waals surface area contributed by atoms with Crippen molar-refractivity contribution >= 4 is 29.0 Å². The molecule has 10 heteroatoms. The van der Waals surface area contributed by atoms with Gasteiger partial charge in [-0.25, -0.2) is 4.79 Å². The number of rotatable bonds is 2. The van der Waals surface area contributed by atoms with E-state index in [9.17, 15) is 9.90 Å². The second kappa shape index (κ2) is 5.55. The molecule has 1 aliphatic heterocycles. The summed E-state index contributed by atoms with van der Waals surface area (Å²) in [6.07, 6.45) is -2.57. The average molecular weight is 321 g/mol. The molecule has 0 aromatic carbocycles. The van der Waals surface area contributed by atoms with Crippen molar-refractivity contribution in [2.45, 2.75) is 23.3 Å². The molecular weight excluding hydrogens is 311 g/mol. The highest BCUT2D eigenvalue weighted by atomic mass is 35.5. The molecular formula is C10H10Cl2N4O4. The van der Waals surface area contributed by atoms with E-state index in [-0.39, 0.29) is 5.82 Å². The first-order chi connectivity index (χ1) is 9.43. The van der Waals surface area contributed by atoms with Gasteiger partial charge in [-0.2, -0.15) is 14.8 Å². The molecule has 108 valence electrons. The Labute approximate surface area is 123 Å². The normalized spacial score (nSPS) is 32.7. The third-order valence-corrected chi connectivity index (χ3v) is 3.42. The van der Waals surface area contributed by atoms with Gasteiger partial charge < -0.3 is 20.7 Å². The summed E-state index contributed by atoms with van der Waals surface area (Å²) in [4.78, 5) is 13.5. The van der Waals surface area contributed by atoms with Crippen LogP contribution in [0.2, 0.25) is 0 Å². The fourth-order valence-corrected chi connectivity index (χ4v) is 2.40. The number of hydrogen-bond acceptors (Lipinski definition) is 7. The number of nitrogen functional groups attached to an aromatic ring is 1. The summed E-state index contributed by atoms with van der Waals surface area (Å²) >= 11 is 11.5. The highest BCUT2D eigenvalue weighted by Crippen LogP contribution is 2.42. The zero-order chi connectivity index (χ0) is 14.9. The van der Waals surface area contributed by atoms with Crippen LogP contribution in [0.25, 0.3) is 0 Å². The van der Waals surface area contributed by atoms with Gasteiger partial charge in [0.25, 0.3) is 0 Å². The molecule has 2 heterocycles. The molecule has 0 amide bonds. The number of hydrogen-bond donors (Lipinski definition) is 3. The van der Waals surface area contributed by atoms with Crippen molar-refractivity contribution in [2.24, 2.45) is 0 Å². The van der Waals surface area contributed by atoms with Crippen LogP contribution in [-0.4, -0.2) is 48.7 Å². The Morgan fingerprint density at radius 2 is 2.35 bits per heavy atom. The van der Waals surface area contributed by atoms with E-state index < -0.39 is 35.6 Å². The molecule has 20 heavy (non-hydrogen) atoms. The van der Waals surface area contributed by atoms with Crippen molar-refractivity contribution in [3.8, 4) is 11.3 Å². The zero-order valence-corrected chi connectivity index (χ0v) is 11.4. The third-order valence-electron chi connectivity index (χ3n) is 2.82. The topological polar surface area (TPSA) is 123 Å². The van der Waals surface area contributed by atoms with E-state index in [1.807, 2.05) is 5.38 Å². The molecule has 0 bridgehead atoms. The summed E-state index contributed by atoms with van der Waals surface area (Å²) < 4.78 is 6.11. The monoisotopic (exact) mass is 320 g/mol. The first-order valence-electron chi connectivity index (χ1n) is 5.41. The molecule has 4 N–H and O–H groups in total. The van der Waals surface area contributed by atoms with Crippen LogP contribution in [0.1, 0.15) is 6.23 Å². The fourth-order valence-electron chi connectivity index (χ4n) is 1.86. The summed E-state index contributed by atoms with van der Waals surface area (Å²) in [5, 5.41) is 25.0. The number of nitrogens with zero attached hydrogens (tertiary/aromatic N) is 3. The van der Waals surface area contributed by atoms with Crippen LogP contribution < -0.4 is 11.4 Å². The third kappa shape index (κ3) is 2.34. The molecule has 0 aliphatic carbocycles. The van der Waals surface area contributed by atoms with Gasteiger partial charge in [0.05, 0.1) is 12.8 Å². The van der Waals surface area contributed by atoms with Crippen LogP contribution >= 0.6 is 23.2 Å². The van der Waals surface area contributed by atoms with Crippen molar-refractivity contribution < 1.29 is 14.9 Å². The van der Waals surface area contributed by atoms with Crippen LogP contribution in [0, 0.1) is 11.3 Å². The minimum absolute atomic E-state index is 0.0768. The molecule has 2 unspecified atom stereocenters. The number of anilines is 1. The van der Waals surface area contributed by atoms with Crippen LogP contribution in [-0.2, 0) is 4.74 Å². The average Bonchev–Trinajstić information content (AvgIpc) is 2.63. The van der Waals surface area contributed by atoms with E-state index in [0.717, 1.165) is 10.9 Å². The highest BCUT2D eigenvalue weighted by molar-refractivity contribution is 6.32. The van der Waals surface area contributed by atoms with Crippen molar-refractivity contribution in [1.29, 1.82) is 0 Å². The Hall–Kier alpha value is -1.37. The van der Waals surface area contributed by atoms with Gasteiger partial charge in [0, 0.05) is 5.38 Å². The Balaban J connectivity index is 2.52. The highest BCUT2D eigenvalue weighted by Gasteiger charge is 2.56. The van der Waals surface area contributed by atoms with E-state index >= 15 is 0 Å². The summed E-state index contributed by atoms with van der Waals surface area (Å²) in [6.45, 7) is -0.521. The molecule has 0 saturated carbocycles. The lowest BCUT2D eigenvalue weighted by atomic mass is 10.00. The van der Waals surface area contributed by atoms with Gasteiger partial charge in [0.1, 0.15) is 18.0 Å². The van der Waals surface area contributed by atoms with E-state index in [1.54, 1.807) is 0 Å². The number of alkyl halides is 1. The minimum Gasteiger partial charge on any atom is -0.394 e. The predicted molar refractivity (Wildman–Crippen MR) is 69.9 cm³/mol. The van der Waals surface area contributed by atoms with E-state index in [4.69, 9.17) is 38.8 Å². The number of halogens is 2. The van der Waals surface area contributed by atoms with Gasteiger partial charge in [-0.15, -0.1) is 0 Å². The number of nitrogens with two attached hydrogens (primary N) is 1. The van der Waals surface area contributed by atoms with Gasteiger partial charge >= 0.3 is 5.69 Å². The van der Waals surface area contributed by atoms with Crippen molar-refractivity contribution in [1.82, 2.24) is 14.8 Å². The Morgan fingerprint density at radius 1 is 1.65 bits per heavy atom. The van der Waals surface area contributed by atoms with Gasteiger partial charge in [-0.05, 0) is 11.6 Å². The first-order valence-corrected chi connectivity index (χ1v) is 6.17. The molecule has 1 aliphatic rings. The summed E-state index contributed by atoms with van der Waals surface area (Å²) in [5.41, 5.74) is 4.50. The summed E-state index contributed by atoms with van der Waals surface area (Å²) in [6, 6.07) is 0. The van der Waals surface area contributed by atoms with Crippen LogP contribution in [0.3, 0.4) is 0 Å². The number of aliphatic hydroxyl groups excluding tert-OH is 2. The van der Waals surface area contributed by atoms with Crippen LogP contribution in [0.15, 0.2) is 11.0 Å². The molecule has 1 aromatic heterocycles. The standard InChI is InChI=1S/C10H10Cl2N4O4/c11-2-1-10(12)7(18)5(4-17)20-8(10)16-9(19)15-6(13)3-14-16/h3,5,7-8,17-18H,4H2,(H2,13,15,19)/t5-,7?,8-,10?/m1/s1. The maximum Gasteiger partial charge on any atom is 0.368 e. The predicted octanol–water partition coefficient (Wildman–Crippen LogP) is -1.35. The smallest absolute Gasteiger partial charge is 0.368 e. The van der Waals surface area contributed by atoms with Gasteiger partial charge in [-0.1, -0.05) is 17.5 Å². The van der Waals surface area contributed by atoms with E-state index in [1.165, 1.54) is 0 Å². The maximum absolute atomic E-state index is 11.8. The molecule has 8 nitrogen and oxygen atoms in total. The lowest BCUT2D eigenvalue weighted by Crippen LogP contribution is -2.44. The Kier molecular flexibility index (Phi) is 4.17. The van der Waals surface area contributed by atoms with Crippen LogP contribution in [0.5, 0.6) is 0 Å². The minimum atomic E-state index is -1.75. The summed E-state index contributed by atoms with van der Waals surface area (Å²) in [7, 11) is 0. The maximum atomic E-state index is 11.8. The van der Waals surface area contributed by atoms with Crippen molar-refractivity contribution in [2.75, 3.05) is 12.3 Å². The van der Waals surface area contributed by atoms with Crippen LogP contribution in [0.4, 0.5) is 5.82 Å². The van der Waals surface area contributed by atoms with Gasteiger partial charge in [0.2, 0.25) is 0 Å². The molecule has 0 radical (unpaired) electrons. The lowest BCUT2D eigenvalue weighted by molar-refractivity contribution is -0.0512. The molecule has 1 fully saturated rings. The summed E-state index contributed by atoms with van der Waals surface area (Å²) in [5.74, 6) is 2.28. The number of ether oxygens (including phenoxy) is 1. The van der Waals surface area contributed by atoms with E-state index in [2.05, 4.69) is 16.0 Å². The van der Waals surface area contributed by atoms with Crippen molar-refractivity contribution in [3.05, 3.63) is 16.7 Å². The largest absolute Gasteiger partial charge is 0.394 e. The van der Waals surface area contributed by atoms with E-state index in [0.29, 0.717) is 0 Å². The number of aromatic nitrogens is 3.